The van der Waals surface area contributed by atoms with E-state index in [1.807, 2.05) is 0 Å². The van der Waals surface area contributed by atoms with Crippen LogP contribution in [0, 0.1) is 0 Å². The summed E-state index contributed by atoms with van der Waals surface area (Å²) in [6.07, 6.45) is 1.22. The normalized spacial score (nSPS) is 11.0. The number of fused-ring (bicyclic) bond motifs is 1. The molecule has 0 aliphatic carbocycles. The van der Waals surface area contributed by atoms with E-state index in [1.165, 1.54) is 12.3 Å². The number of aromatic amines is 1. The van der Waals surface area contributed by atoms with Gasteiger partial charge in [0, 0.05) is 0 Å². The molecule has 0 bridgehead atoms. The summed E-state index contributed by atoms with van der Waals surface area (Å²) >= 11 is 17.6. The van der Waals surface area contributed by atoms with Crippen molar-refractivity contribution >= 4 is 46.0 Å². The number of rotatable bonds is 1. The van der Waals surface area contributed by atoms with E-state index in [1.54, 1.807) is 12.1 Å². The van der Waals surface area contributed by atoms with Gasteiger partial charge in [0.2, 0.25) is 0 Å². The third kappa shape index (κ3) is 2.31. The first-order valence-corrected chi connectivity index (χ1v) is 6.74. The van der Waals surface area contributed by atoms with Gasteiger partial charge in [-0.05, 0) is 12.1 Å². The van der Waals surface area contributed by atoms with Gasteiger partial charge in [-0.1, -0.05) is 40.9 Å². The minimum atomic E-state index is -0.715. The average molecular weight is 344 g/mol. The van der Waals surface area contributed by atoms with Crippen LogP contribution in [0.15, 0.2) is 34.0 Å². The maximum absolute atomic E-state index is 12.4. The van der Waals surface area contributed by atoms with Gasteiger partial charge in [-0.3, -0.25) is 9.78 Å². The topological polar surface area (TPSA) is 80.6 Å². The van der Waals surface area contributed by atoms with Crippen LogP contribution in [0.25, 0.3) is 16.9 Å². The molecule has 1 N–H and O–H groups in total. The Balaban J connectivity index is 2.44. The minimum absolute atomic E-state index is 0.00639. The molecule has 0 fully saturated rings. The fourth-order valence-corrected chi connectivity index (χ4v) is 2.36. The summed E-state index contributed by atoms with van der Waals surface area (Å²) in [6.45, 7) is 0. The number of H-pyrrole nitrogens is 1. The third-order valence-corrected chi connectivity index (χ3v) is 3.74. The van der Waals surface area contributed by atoms with E-state index in [-0.39, 0.29) is 32.0 Å². The first-order chi connectivity index (χ1) is 9.99. The van der Waals surface area contributed by atoms with E-state index in [4.69, 9.17) is 34.8 Å². The molecule has 0 aliphatic heterocycles. The first kappa shape index (κ1) is 14.1. The Morgan fingerprint density at radius 2 is 1.90 bits per heavy atom. The Morgan fingerprint density at radius 1 is 1.14 bits per heavy atom. The molecule has 0 amide bonds. The Labute approximate surface area is 131 Å². The fourth-order valence-electron chi connectivity index (χ4n) is 1.85. The molecule has 6 nitrogen and oxygen atoms in total. The van der Waals surface area contributed by atoms with Gasteiger partial charge >= 0.3 is 5.69 Å². The standard InChI is InChI=1S/C12H5Cl3N4O2/c13-5-2-1-3-6(8(5)15)19-11(20)9-10(18-12(19)21)17-7(14)4-16-9/h1-4H,(H,17,18,21). The summed E-state index contributed by atoms with van der Waals surface area (Å²) in [5.41, 5.74) is -1.24. The van der Waals surface area contributed by atoms with Crippen LogP contribution in [0.5, 0.6) is 0 Å². The predicted molar refractivity (Wildman–Crippen MR) is 80.8 cm³/mol. The van der Waals surface area contributed by atoms with Crippen LogP contribution in [-0.4, -0.2) is 19.5 Å². The van der Waals surface area contributed by atoms with E-state index < -0.39 is 11.2 Å². The molecular formula is C12H5Cl3N4O2. The van der Waals surface area contributed by atoms with Crippen molar-refractivity contribution in [1.29, 1.82) is 0 Å². The monoisotopic (exact) mass is 342 g/mol. The molecule has 3 rings (SSSR count). The van der Waals surface area contributed by atoms with E-state index in [2.05, 4.69) is 15.0 Å². The Morgan fingerprint density at radius 3 is 2.67 bits per heavy atom. The lowest BCUT2D eigenvalue weighted by molar-refractivity contribution is 0.888. The van der Waals surface area contributed by atoms with Gasteiger partial charge in [0.25, 0.3) is 5.56 Å². The van der Waals surface area contributed by atoms with Gasteiger partial charge < -0.3 is 0 Å². The van der Waals surface area contributed by atoms with Gasteiger partial charge in [0.05, 0.1) is 21.9 Å². The van der Waals surface area contributed by atoms with Gasteiger partial charge in [0.15, 0.2) is 11.2 Å². The second-order valence-corrected chi connectivity index (χ2v) is 5.21. The first-order valence-electron chi connectivity index (χ1n) is 5.61. The largest absolute Gasteiger partial charge is 0.334 e. The molecule has 1 aromatic carbocycles. The quantitative estimate of drug-likeness (QED) is 0.736. The summed E-state index contributed by atoms with van der Waals surface area (Å²) < 4.78 is 0.846. The zero-order valence-electron chi connectivity index (χ0n) is 10.1. The maximum atomic E-state index is 12.4. The number of hydrogen-bond donors (Lipinski definition) is 1. The highest BCUT2D eigenvalue weighted by molar-refractivity contribution is 6.43. The van der Waals surface area contributed by atoms with Crippen molar-refractivity contribution in [2.45, 2.75) is 0 Å². The minimum Gasteiger partial charge on any atom is -0.289 e. The molecule has 3 aromatic rings. The van der Waals surface area contributed by atoms with Crippen LogP contribution >= 0.6 is 34.8 Å². The third-order valence-electron chi connectivity index (χ3n) is 2.75. The van der Waals surface area contributed by atoms with Crippen LogP contribution < -0.4 is 11.2 Å². The van der Waals surface area contributed by atoms with Gasteiger partial charge in [0.1, 0.15) is 5.15 Å². The zero-order valence-corrected chi connectivity index (χ0v) is 12.4. The molecule has 0 aliphatic rings. The van der Waals surface area contributed by atoms with Crippen LogP contribution in [0.2, 0.25) is 15.2 Å². The van der Waals surface area contributed by atoms with Crippen LogP contribution in [0.1, 0.15) is 0 Å². The number of nitrogens with zero attached hydrogens (tertiary/aromatic N) is 3. The predicted octanol–water partition coefficient (Wildman–Crippen LogP) is 2.43. The van der Waals surface area contributed by atoms with Crippen molar-refractivity contribution in [1.82, 2.24) is 19.5 Å². The zero-order chi connectivity index (χ0) is 15.1. The second kappa shape index (κ2) is 5.14. The van der Waals surface area contributed by atoms with Crippen molar-refractivity contribution < 1.29 is 0 Å². The lowest BCUT2D eigenvalue weighted by Gasteiger charge is -2.08. The molecule has 2 aromatic heterocycles. The average Bonchev–Trinajstić information content (AvgIpc) is 2.43. The molecule has 9 heteroatoms. The van der Waals surface area contributed by atoms with Gasteiger partial charge in [-0.2, -0.15) is 0 Å². The van der Waals surface area contributed by atoms with E-state index >= 15 is 0 Å². The molecule has 106 valence electrons. The lowest BCUT2D eigenvalue weighted by atomic mass is 10.3. The molecule has 2 heterocycles. The smallest absolute Gasteiger partial charge is 0.289 e. The number of hydrogen-bond acceptors (Lipinski definition) is 4. The molecule has 21 heavy (non-hydrogen) atoms. The lowest BCUT2D eigenvalue weighted by Crippen LogP contribution is -2.34. The summed E-state index contributed by atoms with van der Waals surface area (Å²) in [5, 5.41) is 0.381. The number of nitrogens with one attached hydrogen (secondary N) is 1. The molecule has 0 unspecified atom stereocenters. The molecular weight excluding hydrogens is 339 g/mol. The second-order valence-electron chi connectivity index (χ2n) is 4.03. The van der Waals surface area contributed by atoms with Crippen LogP contribution in [0.4, 0.5) is 0 Å². The fraction of sp³-hybridized carbons (Fsp3) is 0. The van der Waals surface area contributed by atoms with E-state index in [0.717, 1.165) is 4.57 Å². The van der Waals surface area contributed by atoms with Gasteiger partial charge in [-0.15, -0.1) is 0 Å². The summed E-state index contributed by atoms with van der Waals surface area (Å²) in [5.74, 6) is 0. The number of benzene rings is 1. The van der Waals surface area contributed by atoms with E-state index in [0.29, 0.717) is 0 Å². The van der Waals surface area contributed by atoms with Crippen LogP contribution in [-0.2, 0) is 0 Å². The molecule has 0 spiro atoms. The van der Waals surface area contributed by atoms with Crippen molar-refractivity contribution in [3.63, 3.8) is 0 Å². The summed E-state index contributed by atoms with van der Waals surface area (Å²) in [6, 6.07) is 4.63. The van der Waals surface area contributed by atoms with E-state index in [9.17, 15) is 9.59 Å². The SMILES string of the molecule is O=c1[nH]c2nc(Cl)cnc2c(=O)n1-c1cccc(Cl)c1Cl. The van der Waals surface area contributed by atoms with Crippen molar-refractivity contribution in [3.8, 4) is 5.69 Å². The number of halogens is 3. The molecule has 0 saturated heterocycles. The van der Waals surface area contributed by atoms with Crippen molar-refractivity contribution in [2.24, 2.45) is 0 Å². The van der Waals surface area contributed by atoms with Crippen molar-refractivity contribution in [3.05, 3.63) is 60.4 Å². The molecule has 0 radical (unpaired) electrons. The van der Waals surface area contributed by atoms with Gasteiger partial charge in [-0.25, -0.2) is 19.3 Å². The Kier molecular flexibility index (Phi) is 3.44. The molecule has 0 atom stereocenters. The highest BCUT2D eigenvalue weighted by atomic mass is 35.5. The highest BCUT2D eigenvalue weighted by Gasteiger charge is 2.15. The van der Waals surface area contributed by atoms with Crippen molar-refractivity contribution in [2.75, 3.05) is 0 Å². The maximum Gasteiger partial charge on any atom is 0.334 e. The van der Waals surface area contributed by atoms with Crippen LogP contribution in [0.3, 0.4) is 0 Å². The number of aromatic nitrogens is 4. The Bertz CT molecular complexity index is 980. The molecule has 0 saturated carbocycles. The summed E-state index contributed by atoms with van der Waals surface area (Å²) in [7, 11) is 0. The Hall–Kier alpha value is -1.89. The summed E-state index contributed by atoms with van der Waals surface area (Å²) in [4.78, 5) is 34.7. The highest BCUT2D eigenvalue weighted by Crippen LogP contribution is 2.27.